The lowest BCUT2D eigenvalue weighted by atomic mass is 10.1. The van der Waals surface area contributed by atoms with E-state index in [2.05, 4.69) is 34.5 Å². The molecule has 0 bridgehead atoms. The summed E-state index contributed by atoms with van der Waals surface area (Å²) in [4.78, 5) is 2.09. The second-order valence-corrected chi connectivity index (χ2v) is 4.67. The Balaban J connectivity index is 2.64. The molecule has 0 aliphatic carbocycles. The van der Waals surface area contributed by atoms with E-state index in [0.29, 0.717) is 12.6 Å². The lowest BCUT2D eigenvalue weighted by Crippen LogP contribution is -2.26. The first-order valence-corrected chi connectivity index (χ1v) is 6.40. The molecule has 0 amide bonds. The van der Waals surface area contributed by atoms with E-state index < -0.39 is 0 Å². The van der Waals surface area contributed by atoms with Gasteiger partial charge in [0, 0.05) is 38.6 Å². The molecular formula is C14H25N3O. The minimum absolute atomic E-state index is 0.316. The SMILES string of the molecule is COCC(CCCN)Nc1cccc(N(C)C)c1. The standard InChI is InChI=1S/C14H25N3O/c1-17(2)14-8-4-6-12(10-14)16-13(11-18-3)7-5-9-15/h4,6,8,10,13,16H,5,7,9,11,15H2,1-3H3. The molecule has 0 aromatic heterocycles. The maximum atomic E-state index is 5.55. The zero-order valence-corrected chi connectivity index (χ0v) is 11.6. The highest BCUT2D eigenvalue weighted by Gasteiger charge is 2.08. The van der Waals surface area contributed by atoms with E-state index in [9.17, 15) is 0 Å². The Morgan fingerprint density at radius 1 is 1.39 bits per heavy atom. The van der Waals surface area contributed by atoms with Crippen LogP contribution < -0.4 is 16.0 Å². The van der Waals surface area contributed by atoms with Crippen LogP contribution in [0.3, 0.4) is 0 Å². The molecule has 0 radical (unpaired) electrons. The van der Waals surface area contributed by atoms with Gasteiger partial charge in [0.2, 0.25) is 0 Å². The number of rotatable bonds is 8. The summed E-state index contributed by atoms with van der Waals surface area (Å²) in [5.41, 5.74) is 7.87. The van der Waals surface area contributed by atoms with Gasteiger partial charge in [-0.15, -0.1) is 0 Å². The van der Waals surface area contributed by atoms with Crippen LogP contribution in [0.2, 0.25) is 0 Å². The van der Waals surface area contributed by atoms with Gasteiger partial charge in [0.25, 0.3) is 0 Å². The number of ether oxygens (including phenoxy) is 1. The quantitative estimate of drug-likeness (QED) is 0.741. The smallest absolute Gasteiger partial charge is 0.0664 e. The summed E-state index contributed by atoms with van der Waals surface area (Å²) >= 11 is 0. The third kappa shape index (κ3) is 4.94. The van der Waals surface area contributed by atoms with Crippen molar-refractivity contribution in [2.24, 2.45) is 5.73 Å². The first-order valence-electron chi connectivity index (χ1n) is 6.40. The Bertz CT molecular complexity index is 342. The number of hydrogen-bond acceptors (Lipinski definition) is 4. The summed E-state index contributed by atoms with van der Waals surface area (Å²) in [7, 11) is 5.81. The number of anilines is 2. The topological polar surface area (TPSA) is 50.5 Å². The van der Waals surface area contributed by atoms with Gasteiger partial charge in [-0.1, -0.05) is 6.07 Å². The highest BCUT2D eigenvalue weighted by atomic mass is 16.5. The van der Waals surface area contributed by atoms with Gasteiger partial charge in [-0.3, -0.25) is 0 Å². The first-order chi connectivity index (χ1) is 8.67. The van der Waals surface area contributed by atoms with E-state index in [-0.39, 0.29) is 0 Å². The van der Waals surface area contributed by atoms with Gasteiger partial charge >= 0.3 is 0 Å². The van der Waals surface area contributed by atoms with Gasteiger partial charge in [-0.05, 0) is 37.6 Å². The van der Waals surface area contributed by atoms with Crippen LogP contribution in [0, 0.1) is 0 Å². The summed E-state index contributed by atoms with van der Waals surface area (Å²) < 4.78 is 5.24. The fourth-order valence-corrected chi connectivity index (χ4v) is 1.87. The van der Waals surface area contributed by atoms with Crippen molar-refractivity contribution < 1.29 is 4.74 Å². The fourth-order valence-electron chi connectivity index (χ4n) is 1.87. The summed E-state index contributed by atoms with van der Waals surface area (Å²) in [6.07, 6.45) is 2.03. The number of nitrogens with one attached hydrogen (secondary N) is 1. The molecule has 0 heterocycles. The normalized spacial score (nSPS) is 12.2. The Morgan fingerprint density at radius 3 is 2.78 bits per heavy atom. The largest absolute Gasteiger partial charge is 0.383 e. The second-order valence-electron chi connectivity index (χ2n) is 4.67. The van der Waals surface area contributed by atoms with Crippen LogP contribution in [-0.2, 0) is 4.74 Å². The monoisotopic (exact) mass is 251 g/mol. The van der Waals surface area contributed by atoms with Gasteiger partial charge in [0.1, 0.15) is 0 Å². The number of nitrogens with zero attached hydrogens (tertiary/aromatic N) is 1. The van der Waals surface area contributed by atoms with Crippen molar-refractivity contribution in [2.75, 3.05) is 44.6 Å². The van der Waals surface area contributed by atoms with Crippen molar-refractivity contribution >= 4 is 11.4 Å². The van der Waals surface area contributed by atoms with Crippen LogP contribution >= 0.6 is 0 Å². The molecule has 0 saturated carbocycles. The van der Waals surface area contributed by atoms with Crippen molar-refractivity contribution in [3.05, 3.63) is 24.3 Å². The average Bonchev–Trinajstić information content (AvgIpc) is 2.36. The van der Waals surface area contributed by atoms with Gasteiger partial charge in [-0.2, -0.15) is 0 Å². The lowest BCUT2D eigenvalue weighted by Gasteiger charge is -2.20. The molecule has 1 unspecified atom stereocenters. The van der Waals surface area contributed by atoms with E-state index in [4.69, 9.17) is 10.5 Å². The minimum Gasteiger partial charge on any atom is -0.383 e. The van der Waals surface area contributed by atoms with Crippen LogP contribution in [0.4, 0.5) is 11.4 Å². The van der Waals surface area contributed by atoms with Crippen molar-refractivity contribution in [3.63, 3.8) is 0 Å². The Labute approximate surface area is 110 Å². The molecular weight excluding hydrogens is 226 g/mol. The molecule has 102 valence electrons. The maximum Gasteiger partial charge on any atom is 0.0664 e. The zero-order valence-electron chi connectivity index (χ0n) is 11.6. The van der Waals surface area contributed by atoms with Crippen molar-refractivity contribution in [2.45, 2.75) is 18.9 Å². The van der Waals surface area contributed by atoms with Crippen molar-refractivity contribution in [1.29, 1.82) is 0 Å². The average molecular weight is 251 g/mol. The van der Waals surface area contributed by atoms with Crippen molar-refractivity contribution in [3.8, 4) is 0 Å². The maximum absolute atomic E-state index is 5.55. The Hall–Kier alpha value is -1.26. The molecule has 0 saturated heterocycles. The molecule has 1 rings (SSSR count). The third-order valence-corrected chi connectivity index (χ3v) is 2.86. The molecule has 0 aliphatic heterocycles. The molecule has 0 aliphatic rings. The Morgan fingerprint density at radius 2 is 2.17 bits per heavy atom. The fraction of sp³-hybridized carbons (Fsp3) is 0.571. The van der Waals surface area contributed by atoms with E-state index in [0.717, 1.165) is 25.1 Å². The molecule has 18 heavy (non-hydrogen) atoms. The molecule has 0 spiro atoms. The predicted molar refractivity (Wildman–Crippen MR) is 78.3 cm³/mol. The van der Waals surface area contributed by atoms with Gasteiger partial charge in [0.15, 0.2) is 0 Å². The predicted octanol–water partition coefficient (Wildman–Crippen LogP) is 1.92. The highest BCUT2D eigenvalue weighted by Crippen LogP contribution is 2.18. The summed E-state index contributed by atoms with van der Waals surface area (Å²) in [5, 5.41) is 3.50. The highest BCUT2D eigenvalue weighted by molar-refractivity contribution is 5.57. The summed E-state index contributed by atoms with van der Waals surface area (Å²) in [6.45, 7) is 1.42. The third-order valence-electron chi connectivity index (χ3n) is 2.86. The summed E-state index contributed by atoms with van der Waals surface area (Å²) in [6, 6.07) is 8.69. The number of methoxy groups -OCH3 is 1. The van der Waals surface area contributed by atoms with Gasteiger partial charge in [-0.25, -0.2) is 0 Å². The second kappa shape index (κ2) is 7.95. The molecule has 4 heteroatoms. The molecule has 1 aromatic rings. The molecule has 0 fully saturated rings. The van der Waals surface area contributed by atoms with E-state index in [1.54, 1.807) is 7.11 Å². The lowest BCUT2D eigenvalue weighted by molar-refractivity contribution is 0.182. The van der Waals surface area contributed by atoms with Crippen LogP contribution in [0.25, 0.3) is 0 Å². The first kappa shape index (κ1) is 14.8. The van der Waals surface area contributed by atoms with Crippen LogP contribution in [0.5, 0.6) is 0 Å². The minimum atomic E-state index is 0.316. The Kier molecular flexibility index (Phi) is 6.54. The van der Waals surface area contributed by atoms with E-state index >= 15 is 0 Å². The number of benzene rings is 1. The molecule has 4 nitrogen and oxygen atoms in total. The van der Waals surface area contributed by atoms with Gasteiger partial charge < -0.3 is 20.7 Å². The molecule has 3 N–H and O–H groups in total. The number of nitrogens with two attached hydrogens (primary N) is 1. The number of hydrogen-bond donors (Lipinski definition) is 2. The van der Waals surface area contributed by atoms with Crippen LogP contribution in [0.15, 0.2) is 24.3 Å². The molecule has 1 atom stereocenters. The van der Waals surface area contributed by atoms with E-state index in [1.807, 2.05) is 14.1 Å². The van der Waals surface area contributed by atoms with E-state index in [1.165, 1.54) is 5.69 Å². The van der Waals surface area contributed by atoms with Crippen LogP contribution in [0.1, 0.15) is 12.8 Å². The van der Waals surface area contributed by atoms with Gasteiger partial charge in [0.05, 0.1) is 6.61 Å². The summed E-state index contributed by atoms with van der Waals surface area (Å²) in [5.74, 6) is 0. The van der Waals surface area contributed by atoms with Crippen molar-refractivity contribution in [1.82, 2.24) is 0 Å². The zero-order chi connectivity index (χ0) is 13.4. The molecule has 1 aromatic carbocycles. The van der Waals surface area contributed by atoms with Crippen LogP contribution in [-0.4, -0.2) is 40.4 Å².